The Kier molecular flexibility index (Phi) is 11.8. The fraction of sp³-hybridized carbons (Fsp3) is 0.500. The quantitative estimate of drug-likeness (QED) is 0.0731. The summed E-state index contributed by atoms with van der Waals surface area (Å²) in [4.78, 5) is 17.0. The number of carbonyl (C=O) groups is 1. The molecule has 54 heavy (non-hydrogen) atoms. The molecule has 0 amide bonds. The van der Waals surface area contributed by atoms with Gasteiger partial charge in [-0.1, -0.05) is 75.4 Å². The van der Waals surface area contributed by atoms with Crippen LogP contribution in [0.15, 0.2) is 60.7 Å². The average molecular weight is 752 g/mol. The molecule has 0 spiro atoms. The number of fused-ring (bicyclic) bond motifs is 2. The number of esters is 1. The maximum atomic E-state index is 14.5. The molecule has 0 unspecified atom stereocenters. The van der Waals surface area contributed by atoms with Crippen molar-refractivity contribution in [2.75, 3.05) is 39.3 Å². The molecule has 2 aromatic heterocycles. The van der Waals surface area contributed by atoms with Gasteiger partial charge >= 0.3 is 5.97 Å². The number of ether oxygens (including phenoxy) is 2. The Morgan fingerprint density at radius 2 is 1.59 bits per heavy atom. The fourth-order valence-electron chi connectivity index (χ4n) is 7.24. The summed E-state index contributed by atoms with van der Waals surface area (Å²) >= 11 is 0. The molecule has 1 aliphatic heterocycles. The second-order valence-corrected chi connectivity index (χ2v) is 22.1. The fourth-order valence-corrected chi connectivity index (χ4v) is 8.17. The summed E-state index contributed by atoms with van der Waals surface area (Å²) in [5, 5.41) is 11.9. The number of nitrogens with zero attached hydrogens (tertiary/aromatic N) is 4. The molecule has 1 aliphatic rings. The van der Waals surface area contributed by atoms with Crippen LogP contribution in [-0.4, -0.2) is 78.5 Å². The van der Waals surface area contributed by atoms with Crippen LogP contribution in [-0.2, 0) is 35.8 Å². The zero-order valence-corrected chi connectivity index (χ0v) is 35.3. The van der Waals surface area contributed by atoms with Crippen molar-refractivity contribution >= 4 is 36.0 Å². The molecule has 10 heteroatoms. The summed E-state index contributed by atoms with van der Waals surface area (Å²) in [7, 11) is -0.0500. The number of benzene rings is 3. The Balaban J connectivity index is 1.45. The minimum Gasteiger partial charge on any atom is -0.493 e. The second kappa shape index (κ2) is 16.0. The van der Waals surface area contributed by atoms with Gasteiger partial charge in [0.25, 0.3) is 0 Å². The molecule has 0 aliphatic carbocycles. The molecule has 1 N–H and O–H groups in total. The van der Waals surface area contributed by atoms with Gasteiger partial charge in [-0.15, -0.1) is 0 Å². The average Bonchev–Trinajstić information content (AvgIpc) is 3.59. The van der Waals surface area contributed by atoms with Gasteiger partial charge in [-0.25, -0.2) is 4.79 Å². The number of aromatic nitrogens is 3. The van der Waals surface area contributed by atoms with E-state index in [-0.39, 0.29) is 11.0 Å². The Hall–Kier alpha value is -3.96. The van der Waals surface area contributed by atoms with Crippen LogP contribution < -0.4 is 10.1 Å². The molecule has 3 heterocycles. The zero-order chi connectivity index (χ0) is 38.8. The Morgan fingerprint density at radius 3 is 2.31 bits per heavy atom. The van der Waals surface area contributed by atoms with Crippen molar-refractivity contribution in [1.82, 2.24) is 24.6 Å². The number of hydrogen-bond acceptors (Lipinski definition) is 7. The predicted octanol–water partition coefficient (Wildman–Crippen LogP) is 8.90. The van der Waals surface area contributed by atoms with Crippen molar-refractivity contribution in [2.45, 2.75) is 98.2 Å². The van der Waals surface area contributed by atoms with E-state index in [1.165, 1.54) is 0 Å². The lowest BCUT2D eigenvalue weighted by atomic mass is 9.98. The maximum Gasteiger partial charge on any atom is 0.355 e. The standard InChI is InChI=1S/C44H61N5O4Si/c1-31-39(37(46-47(31)8)30-52-54(9,10)44(5,6)7)36-20-14-19-34-35(21-15-29-51-38-22-13-17-32-16-11-12-18-33(32)38)41(42(50)53-43(2,3)4)49(40(34)36)28-27-48-25-23-45-24-26-48/h11-14,16-20,22,45H,15,21,23-30H2,1-10H3. The molecular formula is C44H61N5O4Si. The van der Waals surface area contributed by atoms with Crippen LogP contribution in [0.25, 0.3) is 32.8 Å². The third-order valence-corrected chi connectivity index (χ3v) is 15.7. The monoisotopic (exact) mass is 751 g/mol. The third-order valence-electron chi connectivity index (χ3n) is 11.3. The molecule has 9 nitrogen and oxygen atoms in total. The number of carbonyl (C=O) groups excluding carboxylic acids is 1. The summed E-state index contributed by atoms with van der Waals surface area (Å²) in [6, 6.07) is 21.0. The van der Waals surface area contributed by atoms with E-state index >= 15 is 0 Å². The molecule has 3 aromatic carbocycles. The molecule has 290 valence electrons. The highest BCUT2D eigenvalue weighted by atomic mass is 28.4. The van der Waals surface area contributed by atoms with Gasteiger partial charge in [0.15, 0.2) is 8.32 Å². The highest BCUT2D eigenvalue weighted by Gasteiger charge is 2.38. The van der Waals surface area contributed by atoms with Crippen LogP contribution in [0.3, 0.4) is 0 Å². The lowest BCUT2D eigenvalue weighted by molar-refractivity contribution is 0.00561. The lowest BCUT2D eigenvalue weighted by Crippen LogP contribution is -2.44. The second-order valence-electron chi connectivity index (χ2n) is 17.3. The lowest BCUT2D eigenvalue weighted by Gasteiger charge is -2.36. The SMILES string of the molecule is Cc1c(-c2cccc3c(CCCOc4cccc5ccccc45)c(C(=O)OC(C)(C)C)n(CCN4CCNCC4)c23)c(CO[Si](C)(C)C(C)(C)C)nn1C. The Bertz CT molecular complexity index is 2090. The van der Waals surface area contributed by atoms with Crippen LogP contribution in [0.4, 0.5) is 0 Å². The molecule has 0 bridgehead atoms. The first-order chi connectivity index (χ1) is 25.6. The molecule has 1 saturated heterocycles. The van der Waals surface area contributed by atoms with Crippen LogP contribution in [0.1, 0.15) is 75.4 Å². The molecule has 0 saturated carbocycles. The number of piperazine rings is 1. The van der Waals surface area contributed by atoms with E-state index < -0.39 is 13.9 Å². The van der Waals surface area contributed by atoms with Crippen molar-refractivity contribution < 1.29 is 18.7 Å². The predicted molar refractivity (Wildman–Crippen MR) is 223 cm³/mol. The number of para-hydroxylation sites is 1. The number of rotatable bonds is 13. The van der Waals surface area contributed by atoms with Crippen LogP contribution in [0, 0.1) is 6.92 Å². The van der Waals surface area contributed by atoms with Gasteiger partial charge in [-0.05, 0) is 75.7 Å². The molecule has 0 atom stereocenters. The Labute approximate surface area is 323 Å². The first-order valence-electron chi connectivity index (χ1n) is 19.6. The minimum atomic E-state index is -2.06. The molecule has 6 rings (SSSR count). The summed E-state index contributed by atoms with van der Waals surface area (Å²) in [6.45, 7) is 25.6. The van der Waals surface area contributed by atoms with Crippen LogP contribution in [0.2, 0.25) is 18.1 Å². The van der Waals surface area contributed by atoms with Gasteiger partial charge in [0, 0.05) is 73.9 Å². The van der Waals surface area contributed by atoms with Crippen LogP contribution >= 0.6 is 0 Å². The van der Waals surface area contributed by atoms with Gasteiger partial charge in [0.05, 0.1) is 24.4 Å². The van der Waals surface area contributed by atoms with Crippen molar-refractivity contribution in [3.63, 3.8) is 0 Å². The minimum absolute atomic E-state index is 0.0736. The summed E-state index contributed by atoms with van der Waals surface area (Å²) < 4.78 is 23.6. The summed E-state index contributed by atoms with van der Waals surface area (Å²) in [5.74, 6) is 0.583. The molecule has 1 fully saturated rings. The Morgan fingerprint density at radius 1 is 0.907 bits per heavy atom. The van der Waals surface area contributed by atoms with Gasteiger partial charge in [0.2, 0.25) is 0 Å². The van der Waals surface area contributed by atoms with Gasteiger partial charge in [-0.2, -0.15) is 5.10 Å². The third kappa shape index (κ3) is 8.62. The van der Waals surface area contributed by atoms with Gasteiger partial charge < -0.3 is 23.8 Å². The highest BCUT2D eigenvalue weighted by Crippen LogP contribution is 2.41. The maximum absolute atomic E-state index is 14.5. The summed E-state index contributed by atoms with van der Waals surface area (Å²) in [5.41, 5.74) is 6.16. The van der Waals surface area contributed by atoms with Crippen LogP contribution in [0.5, 0.6) is 5.75 Å². The zero-order valence-electron chi connectivity index (χ0n) is 34.3. The van der Waals surface area contributed by atoms with Crippen molar-refractivity contribution in [1.29, 1.82) is 0 Å². The topological polar surface area (TPSA) is 82.8 Å². The van der Waals surface area contributed by atoms with Crippen molar-refractivity contribution in [2.24, 2.45) is 7.05 Å². The van der Waals surface area contributed by atoms with Gasteiger partial charge in [-0.3, -0.25) is 9.58 Å². The van der Waals surface area contributed by atoms with E-state index in [2.05, 4.69) is 92.0 Å². The smallest absolute Gasteiger partial charge is 0.355 e. The summed E-state index contributed by atoms with van der Waals surface area (Å²) in [6.07, 6.45) is 1.39. The number of aryl methyl sites for hydroxylation is 2. The number of nitrogens with one attached hydrogen (secondary N) is 1. The number of hydrogen-bond donors (Lipinski definition) is 1. The van der Waals surface area contributed by atoms with Crippen molar-refractivity contribution in [3.8, 4) is 16.9 Å². The van der Waals surface area contributed by atoms with E-state index in [1.807, 2.05) is 56.8 Å². The first kappa shape index (κ1) is 39.7. The van der Waals surface area contributed by atoms with E-state index in [0.717, 1.165) is 94.6 Å². The van der Waals surface area contributed by atoms with E-state index in [4.69, 9.17) is 19.0 Å². The van der Waals surface area contributed by atoms with E-state index in [9.17, 15) is 4.79 Å². The van der Waals surface area contributed by atoms with E-state index in [0.29, 0.717) is 31.9 Å². The highest BCUT2D eigenvalue weighted by molar-refractivity contribution is 6.74. The largest absolute Gasteiger partial charge is 0.493 e. The molecular weight excluding hydrogens is 691 g/mol. The normalized spacial score (nSPS) is 14.6. The van der Waals surface area contributed by atoms with Crippen molar-refractivity contribution in [3.05, 3.63) is 83.3 Å². The first-order valence-corrected chi connectivity index (χ1v) is 22.5. The van der Waals surface area contributed by atoms with E-state index in [1.54, 1.807) is 0 Å². The molecule has 5 aromatic rings. The van der Waals surface area contributed by atoms with Gasteiger partial charge in [0.1, 0.15) is 17.0 Å². The molecule has 0 radical (unpaired) electrons.